The number of aliphatic hydroxyl groups excluding tert-OH is 1. The number of carbonyl (C=O) groups is 1. The van der Waals surface area contributed by atoms with E-state index in [9.17, 15) is 9.90 Å². The number of nitrogens with zero attached hydrogens (tertiary/aromatic N) is 3. The van der Waals surface area contributed by atoms with Crippen LogP contribution in [-0.2, 0) is 16.9 Å². The quantitative estimate of drug-likeness (QED) is 0.0785. The van der Waals surface area contributed by atoms with Crippen molar-refractivity contribution in [1.82, 2.24) is 4.98 Å². The highest BCUT2D eigenvalue weighted by molar-refractivity contribution is 6.34. The van der Waals surface area contributed by atoms with Crippen LogP contribution in [0.15, 0.2) is 263 Å². The van der Waals surface area contributed by atoms with Gasteiger partial charge >= 0.3 is 0 Å². The number of hydrogen-bond acceptors (Lipinski definition) is 7. The number of benzene rings is 6. The second-order valence-corrected chi connectivity index (χ2v) is 20.7. The van der Waals surface area contributed by atoms with Crippen LogP contribution in [0.2, 0.25) is 0 Å². The number of ketones is 1. The van der Waals surface area contributed by atoms with Gasteiger partial charge in [0.05, 0.1) is 53.8 Å². The molecule has 5 aliphatic rings. The molecule has 0 saturated heterocycles. The van der Waals surface area contributed by atoms with Gasteiger partial charge in [-0.05, 0) is 125 Å². The summed E-state index contributed by atoms with van der Waals surface area (Å²) in [6.07, 6.45) is 19.6. The zero-order valence-electron chi connectivity index (χ0n) is 45.0. The highest BCUT2D eigenvalue weighted by Gasteiger charge is 2.28. The van der Waals surface area contributed by atoms with Crippen LogP contribution in [-0.4, -0.2) is 58.8 Å². The van der Waals surface area contributed by atoms with E-state index >= 15 is 0 Å². The predicted octanol–water partition coefficient (Wildman–Crippen LogP) is 10.5. The number of halogens is 1. The van der Waals surface area contributed by atoms with E-state index in [1.54, 1.807) is 13.8 Å². The first-order valence-electron chi connectivity index (χ1n) is 27.1. The molecule has 0 fully saturated rings. The van der Waals surface area contributed by atoms with Crippen molar-refractivity contribution in [3.8, 4) is 5.75 Å². The topological polar surface area (TPSA) is 120 Å². The molecule has 81 heavy (non-hydrogen) atoms. The molecular weight excluding hydrogens is 1020 g/mol. The van der Waals surface area contributed by atoms with E-state index in [0.717, 1.165) is 118 Å². The van der Waals surface area contributed by atoms with Crippen LogP contribution in [0.4, 0.5) is 0 Å². The number of pyridine rings is 1. The summed E-state index contributed by atoms with van der Waals surface area (Å²) >= 11 is 0. The largest absolute Gasteiger partial charge is 1.00 e. The standard InChI is InChI=1S/C49H39N3O3.C22H20NO2.ClH/c53-28-29-54-30-31-55-39-20-18-36(19-21-39)47-38-17-16-37(32-38)46(33-10-4-1-5-11-33)40-22-24-42(50-40)48(34-12-6-2-7-13-34)44-26-27-45(52-44)49(35-14-8-3-9-15-35)43-25-23-41(47)51-43;1-22(2,25)18-9-11-23(12-10-18)14-17-13-16-7-3-5-15-6-4-8-19(20(15)16)21(17)24;/h1-27,52-53H,28-32H2;3-13,25H,14H2,1-2H3;1H/q;+1;/p-1. The molecule has 8 bridgehead atoms. The maximum Gasteiger partial charge on any atom is 0.196 e. The lowest BCUT2D eigenvalue weighted by Crippen LogP contribution is -3.00. The van der Waals surface area contributed by atoms with Crippen molar-refractivity contribution in [2.75, 3.05) is 26.4 Å². The Morgan fingerprint density at radius 2 is 1.10 bits per heavy atom. The number of rotatable bonds is 13. The Morgan fingerprint density at radius 1 is 0.568 bits per heavy atom. The van der Waals surface area contributed by atoms with E-state index in [0.29, 0.717) is 32.8 Å². The Bertz CT molecular complexity index is 4010. The van der Waals surface area contributed by atoms with Gasteiger partial charge in [-0.25, -0.2) is 14.6 Å². The SMILES string of the molecule is CC(C)(O)c1cc[n+](CC2=Cc3cccc4cccc(c34)C2=O)cc1.OCCOCCOc1ccc(C2=C3C=CC(=C(c4ccccc4)C4=NC(=C(c5ccccc5)c5ccc([nH]5)C(c5ccccc5)=C5C=CC2=N5)C=C4)C3)cc1.[Cl-]. The van der Waals surface area contributed by atoms with Crippen molar-refractivity contribution in [1.29, 1.82) is 0 Å². The van der Waals surface area contributed by atoms with Crippen LogP contribution >= 0.6 is 0 Å². The first kappa shape index (κ1) is 53.9. The van der Waals surface area contributed by atoms with Gasteiger partial charge in [0.2, 0.25) is 0 Å². The van der Waals surface area contributed by atoms with Gasteiger partial charge in [0.15, 0.2) is 24.7 Å². The van der Waals surface area contributed by atoms with Crippen molar-refractivity contribution < 1.29 is 41.5 Å². The normalized spacial score (nSPS) is 15.2. The van der Waals surface area contributed by atoms with Crippen molar-refractivity contribution in [3.63, 3.8) is 0 Å². The molecule has 6 aromatic carbocycles. The summed E-state index contributed by atoms with van der Waals surface area (Å²) in [6, 6.07) is 59.9. The molecule has 400 valence electrons. The molecule has 2 aliphatic carbocycles. The fourth-order valence-electron chi connectivity index (χ4n) is 11.0. The fourth-order valence-corrected chi connectivity index (χ4v) is 11.0. The molecule has 0 amide bonds. The molecule has 8 aromatic rings. The lowest BCUT2D eigenvalue weighted by molar-refractivity contribution is -0.688. The Labute approximate surface area is 478 Å². The number of aromatic nitrogens is 2. The molecule has 3 aliphatic heterocycles. The number of hydrogen-bond donors (Lipinski definition) is 3. The van der Waals surface area contributed by atoms with E-state index in [-0.39, 0.29) is 24.8 Å². The second-order valence-electron chi connectivity index (χ2n) is 20.7. The van der Waals surface area contributed by atoms with Gasteiger partial charge in [0.1, 0.15) is 12.4 Å². The Hall–Kier alpha value is -9.09. The minimum atomic E-state index is -0.867. The highest BCUT2D eigenvalue weighted by Crippen LogP contribution is 2.42. The number of fused-ring (bicyclic) bond motifs is 6. The van der Waals surface area contributed by atoms with Crippen LogP contribution in [0, 0.1) is 0 Å². The van der Waals surface area contributed by atoms with Gasteiger partial charge in [-0.3, -0.25) is 4.79 Å². The summed E-state index contributed by atoms with van der Waals surface area (Å²) in [5, 5.41) is 21.2. The number of allylic oxidation sites excluding steroid dienone is 11. The number of nitrogens with one attached hydrogen (secondary N) is 1. The fraction of sp³-hybridized carbons (Fsp3) is 0.127. The second kappa shape index (κ2) is 23.7. The molecule has 5 heterocycles. The third kappa shape index (κ3) is 11.4. The van der Waals surface area contributed by atoms with E-state index in [1.165, 1.54) is 11.1 Å². The minimum absolute atomic E-state index is 0. The van der Waals surface area contributed by atoms with E-state index < -0.39 is 5.60 Å². The zero-order chi connectivity index (χ0) is 54.6. The van der Waals surface area contributed by atoms with Crippen LogP contribution in [0.5, 0.6) is 5.75 Å². The molecule has 9 nitrogen and oxygen atoms in total. The van der Waals surface area contributed by atoms with Gasteiger partial charge in [-0.2, -0.15) is 0 Å². The van der Waals surface area contributed by atoms with Crippen molar-refractivity contribution in [3.05, 3.63) is 303 Å². The summed E-state index contributed by atoms with van der Waals surface area (Å²) in [6.45, 7) is 5.14. The Kier molecular flexibility index (Phi) is 15.8. The molecule has 2 aromatic heterocycles. The first-order valence-corrected chi connectivity index (χ1v) is 27.1. The maximum atomic E-state index is 12.9. The Morgan fingerprint density at radius 3 is 1.64 bits per heavy atom. The number of ether oxygens (including phenoxy) is 2. The molecule has 0 unspecified atom stereocenters. The van der Waals surface area contributed by atoms with Gasteiger partial charge in [0, 0.05) is 56.8 Å². The average Bonchev–Trinajstić information content (AvgIpc) is 4.53. The number of aliphatic imine (C=N–C) groups is 2. The third-order valence-electron chi connectivity index (χ3n) is 14.9. The molecule has 0 atom stereocenters. The number of aliphatic hydroxyl groups is 2. The monoisotopic (exact) mass is 1080 g/mol. The number of Topliss-reactive ketones (excluding diaryl/α,β-unsaturated/α-hetero) is 1. The smallest absolute Gasteiger partial charge is 0.196 e. The highest BCUT2D eigenvalue weighted by atomic mass is 35.5. The lowest BCUT2D eigenvalue weighted by Gasteiger charge is -2.17. The lowest BCUT2D eigenvalue weighted by atomic mass is 9.88. The van der Waals surface area contributed by atoms with Crippen molar-refractivity contribution in [2.24, 2.45) is 9.98 Å². The molecule has 0 saturated carbocycles. The van der Waals surface area contributed by atoms with Gasteiger partial charge in [-0.1, -0.05) is 152 Å². The third-order valence-corrected chi connectivity index (χ3v) is 14.9. The van der Waals surface area contributed by atoms with Crippen LogP contribution in [0.3, 0.4) is 0 Å². The van der Waals surface area contributed by atoms with Crippen LogP contribution in [0.1, 0.15) is 75.4 Å². The summed E-state index contributed by atoms with van der Waals surface area (Å²) in [7, 11) is 0. The number of H-pyrrole nitrogens is 1. The molecule has 13 rings (SSSR count). The van der Waals surface area contributed by atoms with E-state index in [4.69, 9.17) is 24.6 Å². The summed E-state index contributed by atoms with van der Waals surface area (Å²) in [5.74, 6) is 0.843. The predicted molar refractivity (Wildman–Crippen MR) is 321 cm³/mol. The maximum absolute atomic E-state index is 12.9. The zero-order valence-corrected chi connectivity index (χ0v) is 45.8. The molecule has 0 spiro atoms. The average molecular weight is 1080 g/mol. The summed E-state index contributed by atoms with van der Waals surface area (Å²) < 4.78 is 13.3. The minimum Gasteiger partial charge on any atom is -1.00 e. The van der Waals surface area contributed by atoms with Crippen LogP contribution < -0.4 is 21.7 Å². The molecular formula is C71H59ClN4O5. The molecule has 3 N–H and O–H groups in total. The Balaban J connectivity index is 0.000000222. The van der Waals surface area contributed by atoms with Gasteiger partial charge in [-0.15, -0.1) is 0 Å². The van der Waals surface area contributed by atoms with Crippen LogP contribution in [0.25, 0.3) is 39.1 Å². The molecule has 10 heteroatoms. The van der Waals surface area contributed by atoms with Crippen molar-refractivity contribution >= 4 is 56.3 Å². The first-order chi connectivity index (χ1) is 39.2. The van der Waals surface area contributed by atoms with E-state index in [2.05, 4.69) is 151 Å². The van der Waals surface area contributed by atoms with Gasteiger partial charge < -0.3 is 37.1 Å². The summed E-state index contributed by atoms with van der Waals surface area (Å²) in [4.78, 5) is 27.6. The summed E-state index contributed by atoms with van der Waals surface area (Å²) in [5.41, 5.74) is 19.2. The van der Waals surface area contributed by atoms with E-state index in [1.807, 2.05) is 89.8 Å². The molecule has 0 radical (unpaired) electrons. The van der Waals surface area contributed by atoms with Crippen molar-refractivity contribution in [2.45, 2.75) is 32.4 Å². The number of carbonyl (C=O) groups excluding carboxylic acids is 1. The number of aromatic amines is 1. The van der Waals surface area contributed by atoms with Gasteiger partial charge in [0.25, 0.3) is 0 Å².